The summed E-state index contributed by atoms with van der Waals surface area (Å²) in [7, 11) is 0. The van der Waals surface area contributed by atoms with Gasteiger partial charge in [0.1, 0.15) is 5.15 Å². The fourth-order valence-corrected chi connectivity index (χ4v) is 2.83. The van der Waals surface area contributed by atoms with Crippen molar-refractivity contribution >= 4 is 34.2 Å². The van der Waals surface area contributed by atoms with Gasteiger partial charge in [0.2, 0.25) is 0 Å². The van der Waals surface area contributed by atoms with Gasteiger partial charge in [-0.3, -0.25) is 0 Å². The summed E-state index contributed by atoms with van der Waals surface area (Å²) in [6.45, 7) is 8.39. The lowest BCUT2D eigenvalue weighted by atomic mass is 10.0. The van der Waals surface area contributed by atoms with Gasteiger partial charge in [-0.2, -0.15) is 0 Å². The second kappa shape index (κ2) is 5.75. The van der Waals surface area contributed by atoms with E-state index in [-0.39, 0.29) is 0 Å². The molecular weight excluding hydrogens is 371 g/mol. The summed E-state index contributed by atoms with van der Waals surface area (Å²) in [5.41, 5.74) is 5.79. The molecule has 0 fully saturated rings. The van der Waals surface area contributed by atoms with E-state index in [2.05, 4.69) is 72.4 Å². The van der Waals surface area contributed by atoms with Crippen LogP contribution < -0.4 is 0 Å². The maximum atomic E-state index is 6.21. The van der Waals surface area contributed by atoms with Crippen LogP contribution in [0.5, 0.6) is 0 Å². The van der Waals surface area contributed by atoms with Gasteiger partial charge in [0.25, 0.3) is 0 Å². The lowest BCUT2D eigenvalue weighted by Crippen LogP contribution is -2.01. The Morgan fingerprint density at radius 1 is 1.05 bits per heavy atom. The van der Waals surface area contributed by atoms with Crippen LogP contribution in [0.4, 0.5) is 0 Å². The lowest BCUT2D eigenvalue weighted by Gasteiger charge is -2.11. The molecule has 100 valence electrons. The maximum Gasteiger partial charge on any atom is 0.161 e. The van der Waals surface area contributed by atoms with E-state index in [1.165, 1.54) is 16.7 Å². The zero-order chi connectivity index (χ0) is 14.2. The average molecular weight is 387 g/mol. The van der Waals surface area contributed by atoms with E-state index in [9.17, 15) is 0 Å². The molecule has 0 aliphatic heterocycles. The van der Waals surface area contributed by atoms with Crippen LogP contribution in [0.3, 0.4) is 0 Å². The summed E-state index contributed by atoms with van der Waals surface area (Å²) in [4.78, 5) is 9.08. The first-order chi connectivity index (χ1) is 8.93. The molecule has 4 heteroatoms. The normalized spacial score (nSPS) is 10.8. The molecule has 2 aromatic rings. The number of aromatic nitrogens is 2. The molecule has 2 rings (SSSR count). The molecule has 0 amide bonds. The first-order valence-electron chi connectivity index (χ1n) is 6.24. The molecule has 0 unspecified atom stereocenters. The standard InChI is InChI=1S/C15H16ClIN2/c1-5-12-13(17)14(16)19-15(18-12)11-7-9(3)8(2)6-10(11)4/h6-7H,5H2,1-4H3. The molecule has 0 N–H and O–H groups in total. The fraction of sp³-hybridized carbons (Fsp3) is 0.333. The van der Waals surface area contributed by atoms with Crippen molar-refractivity contribution in [3.05, 3.63) is 43.2 Å². The third-order valence-electron chi connectivity index (χ3n) is 3.30. The Bertz CT molecular complexity index is 639. The summed E-state index contributed by atoms with van der Waals surface area (Å²) < 4.78 is 0.951. The molecule has 0 radical (unpaired) electrons. The Morgan fingerprint density at radius 2 is 1.68 bits per heavy atom. The third kappa shape index (κ3) is 2.92. The van der Waals surface area contributed by atoms with Gasteiger partial charge in [-0.15, -0.1) is 0 Å². The minimum atomic E-state index is 0.542. The van der Waals surface area contributed by atoms with E-state index < -0.39 is 0 Å². The van der Waals surface area contributed by atoms with Crippen molar-refractivity contribution in [2.24, 2.45) is 0 Å². The zero-order valence-corrected chi connectivity index (χ0v) is 14.4. The van der Waals surface area contributed by atoms with Gasteiger partial charge in [0.05, 0.1) is 9.26 Å². The Kier molecular flexibility index (Phi) is 4.46. The molecule has 2 nitrogen and oxygen atoms in total. The second-order valence-electron chi connectivity index (χ2n) is 4.70. The average Bonchev–Trinajstić information content (AvgIpc) is 2.37. The molecule has 0 aliphatic carbocycles. The summed E-state index contributed by atoms with van der Waals surface area (Å²) in [6, 6.07) is 4.31. The molecular formula is C15H16ClIN2. The van der Waals surface area contributed by atoms with Gasteiger partial charge in [-0.05, 0) is 72.5 Å². The SMILES string of the molecule is CCc1nc(-c2cc(C)c(C)cc2C)nc(Cl)c1I. The van der Waals surface area contributed by atoms with E-state index >= 15 is 0 Å². The Hall–Kier alpha value is -0.680. The molecule has 1 aromatic heterocycles. The van der Waals surface area contributed by atoms with Gasteiger partial charge >= 0.3 is 0 Å². The van der Waals surface area contributed by atoms with E-state index in [1.807, 2.05) is 0 Å². The quantitative estimate of drug-likeness (QED) is 0.542. The summed E-state index contributed by atoms with van der Waals surface area (Å²) in [5.74, 6) is 0.725. The summed E-state index contributed by atoms with van der Waals surface area (Å²) in [5, 5.41) is 0.542. The number of rotatable bonds is 2. The van der Waals surface area contributed by atoms with Crippen molar-refractivity contribution in [1.82, 2.24) is 9.97 Å². The number of nitrogens with zero attached hydrogens (tertiary/aromatic N) is 2. The monoisotopic (exact) mass is 386 g/mol. The minimum Gasteiger partial charge on any atom is -0.232 e. The van der Waals surface area contributed by atoms with Crippen molar-refractivity contribution in [2.75, 3.05) is 0 Å². The maximum absolute atomic E-state index is 6.21. The predicted octanol–water partition coefficient (Wildman–Crippen LogP) is 4.89. The molecule has 0 saturated heterocycles. The van der Waals surface area contributed by atoms with E-state index in [0.717, 1.165) is 27.1 Å². The van der Waals surface area contributed by atoms with Gasteiger partial charge < -0.3 is 0 Å². The first kappa shape index (κ1) is 14.7. The van der Waals surface area contributed by atoms with Crippen LogP contribution in [0.25, 0.3) is 11.4 Å². The first-order valence-corrected chi connectivity index (χ1v) is 7.69. The van der Waals surface area contributed by atoms with Crippen LogP contribution in [0, 0.1) is 24.3 Å². The highest BCUT2D eigenvalue weighted by Crippen LogP contribution is 2.27. The molecule has 0 aliphatic rings. The van der Waals surface area contributed by atoms with Crippen molar-refractivity contribution in [3.8, 4) is 11.4 Å². The number of benzene rings is 1. The molecule has 0 atom stereocenters. The van der Waals surface area contributed by atoms with Crippen LogP contribution in [0.2, 0.25) is 5.15 Å². The second-order valence-corrected chi connectivity index (χ2v) is 6.14. The van der Waals surface area contributed by atoms with Crippen LogP contribution in [0.15, 0.2) is 12.1 Å². The van der Waals surface area contributed by atoms with Crippen molar-refractivity contribution in [3.63, 3.8) is 0 Å². The topological polar surface area (TPSA) is 25.8 Å². The van der Waals surface area contributed by atoms with Crippen molar-refractivity contribution in [2.45, 2.75) is 34.1 Å². The molecule has 0 spiro atoms. The summed E-state index contributed by atoms with van der Waals surface area (Å²) in [6.07, 6.45) is 0.859. The Labute approximate surface area is 132 Å². The number of aryl methyl sites for hydroxylation is 4. The third-order valence-corrected chi connectivity index (χ3v) is 5.02. The predicted molar refractivity (Wildman–Crippen MR) is 88.8 cm³/mol. The molecule has 19 heavy (non-hydrogen) atoms. The molecule has 0 bridgehead atoms. The van der Waals surface area contributed by atoms with Gasteiger partial charge in [-0.1, -0.05) is 24.6 Å². The molecule has 0 saturated carbocycles. The molecule has 1 heterocycles. The fourth-order valence-electron chi connectivity index (χ4n) is 2.02. The van der Waals surface area contributed by atoms with Gasteiger partial charge in [0, 0.05) is 5.56 Å². The number of hydrogen-bond donors (Lipinski definition) is 0. The summed E-state index contributed by atoms with van der Waals surface area (Å²) >= 11 is 8.42. The van der Waals surface area contributed by atoms with E-state index in [1.54, 1.807) is 0 Å². The minimum absolute atomic E-state index is 0.542. The van der Waals surface area contributed by atoms with Crippen LogP contribution >= 0.6 is 34.2 Å². The van der Waals surface area contributed by atoms with Gasteiger partial charge in [0.15, 0.2) is 5.82 Å². The largest absolute Gasteiger partial charge is 0.232 e. The van der Waals surface area contributed by atoms with Crippen LogP contribution in [0.1, 0.15) is 29.3 Å². The highest BCUT2D eigenvalue weighted by molar-refractivity contribution is 14.1. The van der Waals surface area contributed by atoms with Gasteiger partial charge in [-0.25, -0.2) is 9.97 Å². The zero-order valence-electron chi connectivity index (χ0n) is 11.5. The van der Waals surface area contributed by atoms with Crippen LogP contribution in [-0.2, 0) is 6.42 Å². The highest BCUT2D eigenvalue weighted by Gasteiger charge is 2.13. The van der Waals surface area contributed by atoms with Crippen molar-refractivity contribution < 1.29 is 0 Å². The Morgan fingerprint density at radius 3 is 2.32 bits per heavy atom. The van der Waals surface area contributed by atoms with Crippen molar-refractivity contribution in [1.29, 1.82) is 0 Å². The Balaban J connectivity index is 2.65. The number of halogens is 2. The van der Waals surface area contributed by atoms with E-state index in [4.69, 9.17) is 11.6 Å². The number of hydrogen-bond acceptors (Lipinski definition) is 2. The highest BCUT2D eigenvalue weighted by atomic mass is 127. The molecule has 1 aromatic carbocycles. The van der Waals surface area contributed by atoms with Crippen LogP contribution in [-0.4, -0.2) is 9.97 Å². The smallest absolute Gasteiger partial charge is 0.161 e. The lowest BCUT2D eigenvalue weighted by molar-refractivity contribution is 0.987. The van der Waals surface area contributed by atoms with E-state index in [0.29, 0.717) is 5.15 Å².